The number of amides is 1. The number of esters is 1. The summed E-state index contributed by atoms with van der Waals surface area (Å²) < 4.78 is 4.91. The molecule has 1 aliphatic rings. The van der Waals surface area contributed by atoms with Crippen molar-refractivity contribution in [2.75, 3.05) is 11.9 Å². The highest BCUT2D eigenvalue weighted by Gasteiger charge is 2.27. The van der Waals surface area contributed by atoms with E-state index in [-0.39, 0.29) is 23.3 Å². The minimum Gasteiger partial charge on any atom is -0.455 e. The first-order valence-corrected chi connectivity index (χ1v) is 7.10. The van der Waals surface area contributed by atoms with Gasteiger partial charge in [0.15, 0.2) is 6.61 Å². The second kappa shape index (κ2) is 6.55. The molecule has 0 aliphatic heterocycles. The lowest BCUT2D eigenvalue weighted by Crippen LogP contribution is -2.28. The van der Waals surface area contributed by atoms with E-state index in [0.717, 1.165) is 30.4 Å². The highest BCUT2D eigenvalue weighted by Crippen LogP contribution is 2.28. The van der Waals surface area contributed by atoms with Crippen molar-refractivity contribution in [3.63, 3.8) is 0 Å². The summed E-state index contributed by atoms with van der Waals surface area (Å²) in [5, 5.41) is 13.5. The number of anilines is 1. The third-order valence-electron chi connectivity index (χ3n) is 3.87. The number of carbonyl (C=O) groups is 2. The number of hydrogen-bond acceptors (Lipinski definition) is 5. The van der Waals surface area contributed by atoms with Crippen molar-refractivity contribution in [2.45, 2.75) is 33.1 Å². The van der Waals surface area contributed by atoms with Crippen molar-refractivity contribution in [3.8, 4) is 0 Å². The van der Waals surface area contributed by atoms with E-state index in [4.69, 9.17) is 4.74 Å². The standard InChI is InChI=1S/C15H18N2O5/c1-9-6-12(13(17(20)21)7-10(9)2)16-14(18)8-22-15(19)11-4-3-5-11/h6-7,11H,3-5,8H2,1-2H3,(H,16,18). The Balaban J connectivity index is 2.00. The summed E-state index contributed by atoms with van der Waals surface area (Å²) in [6, 6.07) is 2.95. The summed E-state index contributed by atoms with van der Waals surface area (Å²) in [4.78, 5) is 33.8. The van der Waals surface area contributed by atoms with Crippen LogP contribution in [0.4, 0.5) is 11.4 Å². The summed E-state index contributed by atoms with van der Waals surface area (Å²) >= 11 is 0. The fourth-order valence-corrected chi connectivity index (χ4v) is 2.14. The van der Waals surface area contributed by atoms with Gasteiger partial charge in [-0.05, 0) is 43.9 Å². The molecule has 0 unspecified atom stereocenters. The molecule has 1 aromatic rings. The van der Waals surface area contributed by atoms with Crippen molar-refractivity contribution in [1.82, 2.24) is 0 Å². The maximum Gasteiger partial charge on any atom is 0.309 e. The number of nitro benzene ring substituents is 1. The highest BCUT2D eigenvalue weighted by molar-refractivity contribution is 5.95. The van der Waals surface area contributed by atoms with Gasteiger partial charge in [0.2, 0.25) is 0 Å². The van der Waals surface area contributed by atoms with Crippen LogP contribution in [0.1, 0.15) is 30.4 Å². The van der Waals surface area contributed by atoms with Crippen LogP contribution < -0.4 is 5.32 Å². The van der Waals surface area contributed by atoms with Gasteiger partial charge < -0.3 is 10.1 Å². The molecule has 0 saturated heterocycles. The predicted molar refractivity (Wildman–Crippen MR) is 79.5 cm³/mol. The van der Waals surface area contributed by atoms with Crippen molar-refractivity contribution in [3.05, 3.63) is 33.4 Å². The first-order valence-electron chi connectivity index (χ1n) is 7.10. The van der Waals surface area contributed by atoms with Crippen LogP contribution in [0, 0.1) is 29.9 Å². The maximum absolute atomic E-state index is 11.8. The number of nitro groups is 1. The Kier molecular flexibility index (Phi) is 4.75. The third kappa shape index (κ3) is 3.60. The average Bonchev–Trinajstić information content (AvgIpc) is 2.38. The number of ether oxygens (including phenoxy) is 1. The van der Waals surface area contributed by atoms with E-state index < -0.39 is 17.4 Å². The van der Waals surface area contributed by atoms with Gasteiger partial charge in [0.25, 0.3) is 11.6 Å². The lowest BCUT2D eigenvalue weighted by Gasteiger charge is -2.22. The smallest absolute Gasteiger partial charge is 0.309 e. The Morgan fingerprint density at radius 2 is 1.95 bits per heavy atom. The zero-order valence-electron chi connectivity index (χ0n) is 12.5. The zero-order valence-corrected chi connectivity index (χ0v) is 12.5. The molecule has 1 saturated carbocycles. The quantitative estimate of drug-likeness (QED) is 0.512. The van der Waals surface area contributed by atoms with Crippen LogP contribution in [0.3, 0.4) is 0 Å². The molecule has 7 nitrogen and oxygen atoms in total. The molecule has 0 spiro atoms. The summed E-state index contributed by atoms with van der Waals surface area (Å²) in [6.07, 6.45) is 2.59. The summed E-state index contributed by atoms with van der Waals surface area (Å²) in [5.41, 5.74) is 1.52. The van der Waals surface area contributed by atoms with Crippen LogP contribution in [0.2, 0.25) is 0 Å². The normalized spacial score (nSPS) is 14.1. The fourth-order valence-electron chi connectivity index (χ4n) is 2.14. The zero-order chi connectivity index (χ0) is 16.3. The van der Waals surface area contributed by atoms with Crippen molar-refractivity contribution in [1.29, 1.82) is 0 Å². The number of rotatable bonds is 5. The van der Waals surface area contributed by atoms with E-state index in [1.807, 2.05) is 0 Å². The van der Waals surface area contributed by atoms with Gasteiger partial charge in [0.1, 0.15) is 5.69 Å². The van der Waals surface area contributed by atoms with Gasteiger partial charge in [0, 0.05) is 6.07 Å². The molecular formula is C15H18N2O5. The van der Waals surface area contributed by atoms with Gasteiger partial charge in [-0.25, -0.2) is 0 Å². The minimum absolute atomic E-state index is 0.108. The lowest BCUT2D eigenvalue weighted by atomic mass is 9.86. The van der Waals surface area contributed by atoms with E-state index in [0.29, 0.717) is 0 Å². The van der Waals surface area contributed by atoms with Crippen LogP contribution in [-0.2, 0) is 14.3 Å². The molecule has 118 valence electrons. The molecule has 0 radical (unpaired) electrons. The Morgan fingerprint density at radius 3 is 2.50 bits per heavy atom. The van der Waals surface area contributed by atoms with Crippen LogP contribution in [0.5, 0.6) is 0 Å². The lowest BCUT2D eigenvalue weighted by molar-refractivity contribution is -0.384. The Bertz CT molecular complexity index is 623. The first kappa shape index (κ1) is 15.9. The largest absolute Gasteiger partial charge is 0.455 e. The van der Waals surface area contributed by atoms with Crippen LogP contribution >= 0.6 is 0 Å². The van der Waals surface area contributed by atoms with Crippen molar-refractivity contribution >= 4 is 23.3 Å². The molecule has 0 bridgehead atoms. The number of hydrogen-bond donors (Lipinski definition) is 1. The number of nitrogens with zero attached hydrogens (tertiary/aromatic N) is 1. The molecule has 0 atom stereocenters. The Hall–Kier alpha value is -2.44. The molecule has 22 heavy (non-hydrogen) atoms. The SMILES string of the molecule is Cc1cc(NC(=O)COC(=O)C2CCC2)c([N+](=O)[O-])cc1C. The van der Waals surface area contributed by atoms with E-state index >= 15 is 0 Å². The van der Waals surface area contributed by atoms with E-state index in [1.165, 1.54) is 6.07 Å². The summed E-state index contributed by atoms with van der Waals surface area (Å²) in [5.74, 6) is -1.07. The van der Waals surface area contributed by atoms with Gasteiger partial charge >= 0.3 is 5.97 Å². The highest BCUT2D eigenvalue weighted by atomic mass is 16.6. The molecule has 1 fully saturated rings. The number of nitrogens with one attached hydrogen (secondary N) is 1. The van der Waals surface area contributed by atoms with Gasteiger partial charge in [-0.3, -0.25) is 19.7 Å². The van der Waals surface area contributed by atoms with Crippen LogP contribution in [0.15, 0.2) is 12.1 Å². The second-order valence-corrected chi connectivity index (χ2v) is 5.49. The Labute approximate surface area is 127 Å². The molecule has 1 aromatic carbocycles. The molecule has 0 heterocycles. The van der Waals surface area contributed by atoms with Crippen molar-refractivity contribution in [2.24, 2.45) is 5.92 Å². The van der Waals surface area contributed by atoms with Gasteiger partial charge in [-0.1, -0.05) is 6.42 Å². The predicted octanol–water partition coefficient (Wildman–Crippen LogP) is 2.49. The molecular weight excluding hydrogens is 288 g/mol. The topological polar surface area (TPSA) is 98.5 Å². The van der Waals surface area contributed by atoms with E-state index in [2.05, 4.69) is 5.32 Å². The minimum atomic E-state index is -0.584. The van der Waals surface area contributed by atoms with Crippen LogP contribution in [0.25, 0.3) is 0 Å². The number of carbonyl (C=O) groups excluding carboxylic acids is 2. The summed E-state index contributed by atoms with van der Waals surface area (Å²) in [6.45, 7) is 3.12. The number of aryl methyl sites for hydroxylation is 2. The summed E-state index contributed by atoms with van der Waals surface area (Å²) in [7, 11) is 0. The first-order chi connectivity index (χ1) is 10.4. The molecule has 7 heteroatoms. The Morgan fingerprint density at radius 1 is 1.32 bits per heavy atom. The number of benzene rings is 1. The fraction of sp³-hybridized carbons (Fsp3) is 0.467. The average molecular weight is 306 g/mol. The van der Waals surface area contributed by atoms with Crippen molar-refractivity contribution < 1.29 is 19.2 Å². The monoisotopic (exact) mass is 306 g/mol. The second-order valence-electron chi connectivity index (χ2n) is 5.49. The molecule has 2 rings (SSSR count). The molecule has 1 aliphatic carbocycles. The van der Waals surface area contributed by atoms with Gasteiger partial charge in [-0.2, -0.15) is 0 Å². The molecule has 1 N–H and O–H groups in total. The molecule has 1 amide bonds. The maximum atomic E-state index is 11.8. The van der Waals surface area contributed by atoms with E-state index in [9.17, 15) is 19.7 Å². The van der Waals surface area contributed by atoms with Gasteiger partial charge in [-0.15, -0.1) is 0 Å². The van der Waals surface area contributed by atoms with E-state index in [1.54, 1.807) is 19.9 Å². The van der Waals surface area contributed by atoms with Gasteiger partial charge in [0.05, 0.1) is 10.8 Å². The third-order valence-corrected chi connectivity index (χ3v) is 3.87. The van der Waals surface area contributed by atoms with Crippen LogP contribution in [-0.4, -0.2) is 23.4 Å². The molecule has 0 aromatic heterocycles.